The van der Waals surface area contributed by atoms with E-state index in [0.29, 0.717) is 10.6 Å². The number of hydrogen-bond acceptors (Lipinski definition) is 2. The number of phenols is 1. The Kier molecular flexibility index (Phi) is 2.78. The second kappa shape index (κ2) is 3.66. The van der Waals surface area contributed by atoms with Crippen molar-refractivity contribution in [3.05, 3.63) is 28.3 Å². The summed E-state index contributed by atoms with van der Waals surface area (Å²) in [4.78, 5) is 11.2. The lowest BCUT2D eigenvalue weighted by atomic mass is 10.1. The Morgan fingerprint density at radius 3 is 2.69 bits per heavy atom. The minimum absolute atomic E-state index is 0.0243. The fourth-order valence-corrected chi connectivity index (χ4v) is 1.32. The number of halogens is 1. The first-order chi connectivity index (χ1) is 6.06. The summed E-state index contributed by atoms with van der Waals surface area (Å²) in [6.45, 7) is 1.69. The molecule has 0 bridgehead atoms. The van der Waals surface area contributed by atoms with Gasteiger partial charge in [0.2, 0.25) is 0 Å². The van der Waals surface area contributed by atoms with Gasteiger partial charge in [0.15, 0.2) is 0 Å². The third-order valence-electron chi connectivity index (χ3n) is 1.74. The van der Waals surface area contributed by atoms with Crippen molar-refractivity contribution in [2.24, 2.45) is 0 Å². The quantitative estimate of drug-likeness (QED) is 0.724. The molecule has 0 aliphatic heterocycles. The van der Waals surface area contributed by atoms with E-state index in [1.165, 1.54) is 13.1 Å². The van der Waals surface area contributed by atoms with E-state index in [9.17, 15) is 9.90 Å². The number of carbonyl (C=O) groups is 1. The second-order valence-corrected chi connectivity index (χ2v) is 3.13. The average molecular weight is 200 g/mol. The van der Waals surface area contributed by atoms with Crippen molar-refractivity contribution in [1.82, 2.24) is 5.32 Å². The van der Waals surface area contributed by atoms with E-state index < -0.39 is 0 Å². The van der Waals surface area contributed by atoms with E-state index in [0.717, 1.165) is 0 Å². The molecule has 0 radical (unpaired) electrons. The van der Waals surface area contributed by atoms with Crippen LogP contribution in [0.3, 0.4) is 0 Å². The molecule has 70 valence electrons. The van der Waals surface area contributed by atoms with Gasteiger partial charge in [0.1, 0.15) is 5.75 Å². The molecule has 0 saturated heterocycles. The van der Waals surface area contributed by atoms with Crippen LogP contribution in [-0.4, -0.2) is 18.1 Å². The molecular formula is C9H10ClNO2. The molecule has 1 aromatic carbocycles. The van der Waals surface area contributed by atoms with Crippen molar-refractivity contribution in [3.8, 4) is 5.75 Å². The minimum atomic E-state index is -0.344. The predicted octanol–water partition coefficient (Wildman–Crippen LogP) is 1.71. The smallest absolute Gasteiger partial charge is 0.254 e. The molecule has 0 heterocycles. The first-order valence-corrected chi connectivity index (χ1v) is 4.15. The largest absolute Gasteiger partial charge is 0.507 e. The molecule has 1 rings (SSSR count). The maximum atomic E-state index is 11.2. The van der Waals surface area contributed by atoms with Crippen molar-refractivity contribution < 1.29 is 9.90 Å². The number of rotatable bonds is 1. The Bertz CT molecular complexity index is 350. The molecule has 0 atom stereocenters. The number of carbonyl (C=O) groups excluding carboxylic acids is 1. The zero-order valence-corrected chi connectivity index (χ0v) is 8.14. The SMILES string of the molecule is CNC(=O)c1cc(Cl)cc(C)c1O. The highest BCUT2D eigenvalue weighted by Crippen LogP contribution is 2.26. The third kappa shape index (κ3) is 1.92. The van der Waals surface area contributed by atoms with E-state index in [4.69, 9.17) is 11.6 Å². The van der Waals surface area contributed by atoms with E-state index >= 15 is 0 Å². The van der Waals surface area contributed by atoms with Crippen molar-refractivity contribution in [2.45, 2.75) is 6.92 Å². The van der Waals surface area contributed by atoms with Crippen LogP contribution in [-0.2, 0) is 0 Å². The number of amides is 1. The van der Waals surface area contributed by atoms with Crippen molar-refractivity contribution in [3.63, 3.8) is 0 Å². The zero-order chi connectivity index (χ0) is 10.0. The number of nitrogens with one attached hydrogen (secondary N) is 1. The lowest BCUT2D eigenvalue weighted by molar-refractivity contribution is 0.0960. The fourth-order valence-electron chi connectivity index (χ4n) is 1.04. The first kappa shape index (κ1) is 9.86. The maximum Gasteiger partial charge on any atom is 0.254 e. The van der Waals surface area contributed by atoms with E-state index in [-0.39, 0.29) is 17.2 Å². The lowest BCUT2D eigenvalue weighted by Gasteiger charge is -2.06. The van der Waals surface area contributed by atoms with Crippen LogP contribution in [0.2, 0.25) is 5.02 Å². The van der Waals surface area contributed by atoms with Gasteiger partial charge in [0, 0.05) is 12.1 Å². The summed E-state index contributed by atoms with van der Waals surface area (Å²) < 4.78 is 0. The Morgan fingerprint density at radius 2 is 2.15 bits per heavy atom. The van der Waals surface area contributed by atoms with Crippen LogP contribution in [0.25, 0.3) is 0 Å². The van der Waals surface area contributed by atoms with E-state index in [1.807, 2.05) is 0 Å². The molecule has 0 aliphatic rings. The Morgan fingerprint density at radius 1 is 1.54 bits per heavy atom. The summed E-state index contributed by atoms with van der Waals surface area (Å²) in [6, 6.07) is 3.03. The third-order valence-corrected chi connectivity index (χ3v) is 1.96. The fraction of sp³-hybridized carbons (Fsp3) is 0.222. The van der Waals surface area contributed by atoms with Gasteiger partial charge in [0.05, 0.1) is 5.56 Å². The molecule has 1 aromatic rings. The molecule has 0 spiro atoms. The van der Waals surface area contributed by atoms with Crippen molar-refractivity contribution in [2.75, 3.05) is 7.05 Å². The molecule has 0 saturated carbocycles. The highest BCUT2D eigenvalue weighted by molar-refractivity contribution is 6.31. The summed E-state index contributed by atoms with van der Waals surface area (Å²) in [5, 5.41) is 12.4. The van der Waals surface area contributed by atoms with Gasteiger partial charge < -0.3 is 10.4 Å². The Hall–Kier alpha value is -1.22. The number of phenolic OH excluding ortho intramolecular Hbond substituents is 1. The molecular weight excluding hydrogens is 190 g/mol. The number of aromatic hydroxyl groups is 1. The van der Waals surface area contributed by atoms with Gasteiger partial charge in [-0.3, -0.25) is 4.79 Å². The summed E-state index contributed by atoms with van der Waals surface area (Å²) in [6.07, 6.45) is 0. The monoisotopic (exact) mass is 199 g/mol. The summed E-state index contributed by atoms with van der Waals surface area (Å²) in [7, 11) is 1.50. The summed E-state index contributed by atoms with van der Waals surface area (Å²) in [5.74, 6) is -0.369. The number of benzene rings is 1. The minimum Gasteiger partial charge on any atom is -0.507 e. The molecule has 3 nitrogen and oxygen atoms in total. The molecule has 13 heavy (non-hydrogen) atoms. The van der Waals surface area contributed by atoms with Gasteiger partial charge in [0.25, 0.3) is 5.91 Å². The topological polar surface area (TPSA) is 49.3 Å². The van der Waals surface area contributed by atoms with Crippen LogP contribution in [0.4, 0.5) is 0 Å². The lowest BCUT2D eigenvalue weighted by Crippen LogP contribution is -2.18. The van der Waals surface area contributed by atoms with Gasteiger partial charge in [-0.25, -0.2) is 0 Å². The number of aryl methyl sites for hydroxylation is 1. The average Bonchev–Trinajstić information content (AvgIpc) is 2.10. The molecule has 0 unspecified atom stereocenters. The molecule has 1 amide bonds. The van der Waals surface area contributed by atoms with Crippen molar-refractivity contribution >= 4 is 17.5 Å². The van der Waals surface area contributed by atoms with Crippen molar-refractivity contribution in [1.29, 1.82) is 0 Å². The second-order valence-electron chi connectivity index (χ2n) is 2.70. The van der Waals surface area contributed by atoms with Gasteiger partial charge in [-0.1, -0.05) is 11.6 Å². The highest BCUT2D eigenvalue weighted by Gasteiger charge is 2.12. The van der Waals surface area contributed by atoms with E-state index in [2.05, 4.69) is 5.32 Å². The summed E-state index contributed by atoms with van der Waals surface area (Å²) >= 11 is 5.73. The van der Waals surface area contributed by atoms with Gasteiger partial charge in [-0.15, -0.1) is 0 Å². The molecule has 4 heteroatoms. The number of hydrogen-bond donors (Lipinski definition) is 2. The van der Waals surface area contributed by atoms with Crippen LogP contribution < -0.4 is 5.32 Å². The molecule has 2 N–H and O–H groups in total. The normalized spacial score (nSPS) is 9.77. The standard InChI is InChI=1S/C9H10ClNO2/c1-5-3-6(10)4-7(8(5)12)9(13)11-2/h3-4,12H,1-2H3,(H,11,13). The highest BCUT2D eigenvalue weighted by atomic mass is 35.5. The van der Waals surface area contributed by atoms with Crippen LogP contribution >= 0.6 is 11.6 Å². The molecule has 0 fully saturated rings. The van der Waals surface area contributed by atoms with E-state index in [1.54, 1.807) is 13.0 Å². The maximum absolute atomic E-state index is 11.2. The Labute approximate surface area is 81.3 Å². The Balaban J connectivity index is 3.28. The summed E-state index contributed by atoms with van der Waals surface area (Å²) in [5.41, 5.74) is 0.790. The van der Waals surface area contributed by atoms with Crippen LogP contribution in [0.5, 0.6) is 5.75 Å². The predicted molar refractivity (Wildman–Crippen MR) is 51.2 cm³/mol. The van der Waals surface area contributed by atoms with Crippen LogP contribution in [0.1, 0.15) is 15.9 Å². The molecule has 0 aromatic heterocycles. The van der Waals surface area contributed by atoms with Crippen LogP contribution in [0.15, 0.2) is 12.1 Å². The van der Waals surface area contributed by atoms with Crippen LogP contribution in [0, 0.1) is 6.92 Å². The zero-order valence-electron chi connectivity index (χ0n) is 7.39. The van der Waals surface area contributed by atoms with Gasteiger partial charge >= 0.3 is 0 Å². The molecule has 0 aliphatic carbocycles. The van der Waals surface area contributed by atoms with Gasteiger partial charge in [-0.2, -0.15) is 0 Å². The van der Waals surface area contributed by atoms with Gasteiger partial charge in [-0.05, 0) is 24.6 Å². The first-order valence-electron chi connectivity index (χ1n) is 3.77.